The van der Waals surface area contributed by atoms with Crippen LogP contribution < -0.4 is 16.4 Å². The van der Waals surface area contributed by atoms with Crippen LogP contribution in [0.1, 0.15) is 12.8 Å². The maximum absolute atomic E-state index is 10.9. The second kappa shape index (κ2) is 29.2. The molecule has 0 radical (unpaired) electrons. The van der Waals surface area contributed by atoms with Crippen molar-refractivity contribution in [3.05, 3.63) is 38.0 Å². The molecule has 0 aromatic carbocycles. The molecule has 0 aromatic rings. The standard InChI is InChI=1S/C10H20N2O4S.C7H14N2O.C4H12N2.C3H3ClO.C3H6O3S/c1-4-10(13)11-6-8-12(2,3)7-5-9-17(14,15)16;1-4-7(10)8-5-6-9(2)3;1-6(2)4-3-5;1-2-3(4)5;4-7(5)3-1-2-6-7/h4H,1,5-9H2,2-3H3,(H-,11,13,14,15,16);4H,1,5-6H2,2-3H3,(H,8,10);3-5H2,1-2H3;2H,1H2;1-3H2. The highest BCUT2D eigenvalue weighted by Gasteiger charge is 2.17. The van der Waals surface area contributed by atoms with Crippen molar-refractivity contribution in [3.8, 4) is 0 Å². The lowest BCUT2D eigenvalue weighted by atomic mass is 10.3. The molecule has 0 saturated carbocycles. The highest BCUT2D eigenvalue weighted by Crippen LogP contribution is 2.05. The zero-order valence-corrected chi connectivity index (χ0v) is 30.0. The molecule has 18 heteroatoms. The van der Waals surface area contributed by atoms with Crippen molar-refractivity contribution in [1.29, 1.82) is 0 Å². The third-order valence-corrected chi connectivity index (χ3v) is 7.20. The lowest BCUT2D eigenvalue weighted by molar-refractivity contribution is -0.889. The van der Waals surface area contributed by atoms with Gasteiger partial charge in [0.05, 0.1) is 56.2 Å². The Hall–Kier alpha value is -2.22. The van der Waals surface area contributed by atoms with Gasteiger partial charge in [0, 0.05) is 38.4 Å². The van der Waals surface area contributed by atoms with Gasteiger partial charge in [-0.05, 0) is 64.4 Å². The molecule has 0 atom stereocenters. The quantitative estimate of drug-likeness (QED) is 0.0637. The molecular weight excluding hydrogens is 652 g/mol. The molecule has 4 N–H and O–H groups in total. The van der Waals surface area contributed by atoms with Gasteiger partial charge in [0.1, 0.15) is 0 Å². The van der Waals surface area contributed by atoms with Crippen LogP contribution in [0.2, 0.25) is 0 Å². The predicted octanol–water partition coefficient (Wildman–Crippen LogP) is -0.668. The van der Waals surface area contributed by atoms with E-state index in [0.717, 1.165) is 25.7 Å². The Morgan fingerprint density at radius 1 is 0.956 bits per heavy atom. The van der Waals surface area contributed by atoms with Crippen LogP contribution in [0, 0.1) is 0 Å². The molecule has 45 heavy (non-hydrogen) atoms. The smallest absolute Gasteiger partial charge is 0.267 e. The van der Waals surface area contributed by atoms with Gasteiger partial charge in [-0.1, -0.05) is 19.7 Å². The van der Waals surface area contributed by atoms with E-state index < -0.39 is 25.5 Å². The van der Waals surface area contributed by atoms with Gasteiger partial charge in [0.2, 0.25) is 17.1 Å². The van der Waals surface area contributed by atoms with Gasteiger partial charge >= 0.3 is 0 Å². The Labute approximate surface area is 275 Å². The van der Waals surface area contributed by atoms with Gasteiger partial charge < -0.3 is 35.2 Å². The summed E-state index contributed by atoms with van der Waals surface area (Å²) in [7, 11) is 4.59. The number of allylic oxidation sites excluding steroid dienone is 1. The molecule has 1 rings (SSSR count). The maximum atomic E-state index is 10.9. The first-order valence-corrected chi connectivity index (χ1v) is 17.4. The molecule has 1 heterocycles. The zero-order valence-electron chi connectivity index (χ0n) is 27.6. The highest BCUT2D eigenvalue weighted by molar-refractivity contribution is 7.86. The fraction of sp³-hybridized carbons (Fsp3) is 0.667. The number of nitrogens with one attached hydrogen (secondary N) is 2. The summed E-state index contributed by atoms with van der Waals surface area (Å²) in [6.45, 7) is 15.1. The lowest BCUT2D eigenvalue weighted by Gasteiger charge is -2.30. The van der Waals surface area contributed by atoms with Crippen molar-refractivity contribution in [2.24, 2.45) is 5.73 Å². The van der Waals surface area contributed by atoms with Crippen molar-refractivity contribution in [2.45, 2.75) is 12.8 Å². The Kier molecular flexibility index (Phi) is 32.2. The Bertz CT molecular complexity index is 1060. The monoisotopic (exact) mass is 706 g/mol. The molecule has 0 bridgehead atoms. The van der Waals surface area contributed by atoms with Crippen LogP contribution in [-0.2, 0) is 38.8 Å². The number of carbonyl (C=O) groups excluding carboxylic acids is 3. The van der Waals surface area contributed by atoms with Gasteiger partial charge in [-0.2, -0.15) is 8.42 Å². The number of hydrogen-bond donors (Lipinski definition) is 3. The number of rotatable bonds is 15. The van der Waals surface area contributed by atoms with Crippen LogP contribution in [0.5, 0.6) is 0 Å². The third kappa shape index (κ3) is 48.9. The number of quaternary nitrogens is 1. The summed E-state index contributed by atoms with van der Waals surface area (Å²) in [5.74, 6) is -0.477. The SMILES string of the molecule is C=CC(=O)Cl.C=CC(=O)NCCN(C)C.C=CC(=O)NCC[N+](C)(C)CCCS(=O)(=O)[O-].CN(C)CCN.O=S1(=O)CCCO1. The van der Waals surface area contributed by atoms with Crippen molar-refractivity contribution < 1.29 is 44.4 Å². The zero-order chi connectivity index (χ0) is 36.1. The number of amides is 2. The molecule has 0 spiro atoms. The highest BCUT2D eigenvalue weighted by atomic mass is 35.5. The van der Waals surface area contributed by atoms with Crippen LogP contribution in [0.4, 0.5) is 0 Å². The summed E-state index contributed by atoms with van der Waals surface area (Å²) in [6.07, 6.45) is 4.50. The first kappa shape index (κ1) is 49.7. The van der Waals surface area contributed by atoms with E-state index >= 15 is 0 Å². The average Bonchev–Trinajstić information content (AvgIpc) is 3.32. The van der Waals surface area contributed by atoms with Crippen LogP contribution in [0.25, 0.3) is 0 Å². The predicted molar refractivity (Wildman–Crippen MR) is 179 cm³/mol. The molecule has 0 aromatic heterocycles. The average molecular weight is 707 g/mol. The van der Waals surface area contributed by atoms with E-state index in [9.17, 15) is 35.8 Å². The van der Waals surface area contributed by atoms with Crippen LogP contribution in [-0.4, -0.2) is 159 Å². The minimum atomic E-state index is -4.13. The van der Waals surface area contributed by atoms with Crippen LogP contribution >= 0.6 is 11.6 Å². The van der Waals surface area contributed by atoms with E-state index in [2.05, 4.69) is 39.5 Å². The van der Waals surface area contributed by atoms with Gasteiger partial charge in [0.25, 0.3) is 10.1 Å². The second-order valence-corrected chi connectivity index (χ2v) is 14.0. The molecule has 0 aliphatic carbocycles. The van der Waals surface area contributed by atoms with Crippen molar-refractivity contribution in [3.63, 3.8) is 0 Å². The van der Waals surface area contributed by atoms with Gasteiger partial charge in [-0.3, -0.25) is 18.6 Å². The molecular formula is C27H55ClN6O9S2. The van der Waals surface area contributed by atoms with Gasteiger partial charge in [-0.15, -0.1) is 0 Å². The summed E-state index contributed by atoms with van der Waals surface area (Å²) in [6, 6.07) is 0. The summed E-state index contributed by atoms with van der Waals surface area (Å²) in [5.41, 5.74) is 5.19. The normalized spacial score (nSPS) is 13.1. The summed E-state index contributed by atoms with van der Waals surface area (Å²) < 4.78 is 56.6. The topological polar surface area (TPSA) is 208 Å². The number of nitrogens with two attached hydrogens (primary N) is 1. The summed E-state index contributed by atoms with van der Waals surface area (Å²) in [5, 5.41) is 4.80. The number of halogens is 1. The van der Waals surface area contributed by atoms with Crippen molar-refractivity contribution in [2.75, 3.05) is 106 Å². The van der Waals surface area contributed by atoms with E-state index in [1.165, 1.54) is 12.2 Å². The molecule has 266 valence electrons. The molecule has 15 nitrogen and oxygen atoms in total. The number of carbonyl (C=O) groups is 3. The molecule has 2 amide bonds. The molecule has 1 aliphatic rings. The Morgan fingerprint density at radius 3 is 1.69 bits per heavy atom. The minimum absolute atomic E-state index is 0.109. The fourth-order valence-corrected chi connectivity index (χ4v) is 3.99. The first-order valence-electron chi connectivity index (χ1n) is 13.8. The molecule has 1 aliphatic heterocycles. The maximum Gasteiger partial charge on any atom is 0.267 e. The van der Waals surface area contributed by atoms with Crippen molar-refractivity contribution >= 4 is 48.9 Å². The number of likely N-dealkylation sites (N-methyl/N-ethyl adjacent to an activating group) is 3. The van der Waals surface area contributed by atoms with Crippen LogP contribution in [0.3, 0.4) is 0 Å². The minimum Gasteiger partial charge on any atom is -0.748 e. The summed E-state index contributed by atoms with van der Waals surface area (Å²) in [4.78, 5) is 35.0. The van der Waals surface area contributed by atoms with E-state index in [0.29, 0.717) is 50.1 Å². The molecule has 1 saturated heterocycles. The van der Waals surface area contributed by atoms with Gasteiger partial charge in [0.15, 0.2) is 0 Å². The van der Waals surface area contributed by atoms with Crippen molar-refractivity contribution in [1.82, 2.24) is 20.4 Å². The lowest BCUT2D eigenvalue weighted by Crippen LogP contribution is -2.46. The largest absolute Gasteiger partial charge is 0.748 e. The number of hydrogen-bond acceptors (Lipinski definition) is 12. The van der Waals surface area contributed by atoms with E-state index in [-0.39, 0.29) is 23.3 Å². The summed E-state index contributed by atoms with van der Waals surface area (Å²) >= 11 is 4.71. The van der Waals surface area contributed by atoms with Gasteiger partial charge in [-0.25, -0.2) is 8.42 Å². The van der Waals surface area contributed by atoms with E-state index in [4.69, 9.17) is 17.3 Å². The van der Waals surface area contributed by atoms with E-state index in [1.807, 2.05) is 47.2 Å². The third-order valence-electron chi connectivity index (χ3n) is 4.94. The fourth-order valence-electron chi connectivity index (χ4n) is 2.55. The number of nitrogens with zero attached hydrogens (tertiary/aromatic N) is 3. The first-order chi connectivity index (χ1) is 20.6. The van der Waals surface area contributed by atoms with E-state index in [1.54, 1.807) is 0 Å². The van der Waals surface area contributed by atoms with Crippen LogP contribution in [0.15, 0.2) is 38.0 Å². The Balaban J connectivity index is -0.000000254. The Morgan fingerprint density at radius 2 is 1.42 bits per heavy atom. The molecule has 1 fully saturated rings. The second-order valence-electron chi connectivity index (χ2n) is 10.3. The molecule has 0 unspecified atom stereocenters.